The number of aryl methyl sites for hydroxylation is 1. The molecule has 0 bridgehead atoms. The molecule has 2 aromatic rings. The number of carbonyl (C=O) groups is 2. The van der Waals surface area contributed by atoms with Crippen molar-refractivity contribution < 1.29 is 19.1 Å². The van der Waals surface area contributed by atoms with Crippen LogP contribution in [0.2, 0.25) is 0 Å². The zero-order chi connectivity index (χ0) is 14.7. The molecule has 106 valence electrons. The van der Waals surface area contributed by atoms with Crippen LogP contribution in [0.25, 0.3) is 5.65 Å². The number of carbonyl (C=O) groups excluding carboxylic acids is 2. The Kier molecular flexibility index (Phi) is 3.97. The number of rotatable bonds is 4. The fourth-order valence-corrected chi connectivity index (χ4v) is 1.88. The quantitative estimate of drug-likeness (QED) is 0.785. The lowest BCUT2D eigenvalue weighted by molar-refractivity contribution is 0.0472. The zero-order valence-corrected chi connectivity index (χ0v) is 11.5. The van der Waals surface area contributed by atoms with Gasteiger partial charge in [0, 0.05) is 6.07 Å². The molecule has 0 saturated carbocycles. The van der Waals surface area contributed by atoms with Crippen LogP contribution in [-0.2, 0) is 9.47 Å². The van der Waals surface area contributed by atoms with Crippen LogP contribution in [-0.4, -0.2) is 39.8 Å². The summed E-state index contributed by atoms with van der Waals surface area (Å²) >= 11 is 0. The summed E-state index contributed by atoms with van der Waals surface area (Å²) in [7, 11) is 0. The van der Waals surface area contributed by atoms with Gasteiger partial charge in [-0.1, -0.05) is 0 Å². The van der Waals surface area contributed by atoms with Crippen LogP contribution in [0, 0.1) is 6.92 Å². The lowest BCUT2D eigenvalue weighted by Gasteiger charge is -2.11. The van der Waals surface area contributed by atoms with Gasteiger partial charge in [0.05, 0.1) is 25.1 Å². The normalized spacial score (nSPS) is 10.6. The highest BCUT2D eigenvalue weighted by atomic mass is 16.5. The van der Waals surface area contributed by atoms with Gasteiger partial charge in [-0.25, -0.2) is 19.1 Å². The predicted molar refractivity (Wildman–Crippen MR) is 69.6 cm³/mol. The molecule has 0 aromatic carbocycles. The van der Waals surface area contributed by atoms with Crippen LogP contribution in [0.3, 0.4) is 0 Å². The van der Waals surface area contributed by atoms with E-state index in [0.717, 1.165) is 0 Å². The maximum Gasteiger partial charge on any atom is 0.357 e. The van der Waals surface area contributed by atoms with Crippen molar-refractivity contribution in [3.63, 3.8) is 0 Å². The minimum atomic E-state index is -0.651. The van der Waals surface area contributed by atoms with Gasteiger partial charge in [-0.15, -0.1) is 0 Å². The second kappa shape index (κ2) is 5.68. The SMILES string of the molecule is CCOC(=O)c1nc2ccnn2c(C)c1C(=O)OCC. The van der Waals surface area contributed by atoms with E-state index in [4.69, 9.17) is 9.47 Å². The van der Waals surface area contributed by atoms with Crippen molar-refractivity contribution in [2.75, 3.05) is 13.2 Å². The van der Waals surface area contributed by atoms with Crippen LogP contribution in [0.1, 0.15) is 40.4 Å². The summed E-state index contributed by atoms with van der Waals surface area (Å²) in [6.45, 7) is 5.46. The summed E-state index contributed by atoms with van der Waals surface area (Å²) in [4.78, 5) is 28.2. The second-order valence-corrected chi connectivity index (χ2v) is 3.96. The van der Waals surface area contributed by atoms with Gasteiger partial charge >= 0.3 is 11.9 Å². The first-order valence-corrected chi connectivity index (χ1v) is 6.28. The molecule has 0 radical (unpaired) electrons. The fraction of sp³-hybridized carbons (Fsp3) is 0.385. The Balaban J connectivity index is 2.65. The molecular formula is C13H15N3O4. The van der Waals surface area contributed by atoms with Gasteiger partial charge in [-0.05, 0) is 20.8 Å². The van der Waals surface area contributed by atoms with E-state index < -0.39 is 11.9 Å². The monoisotopic (exact) mass is 277 g/mol. The van der Waals surface area contributed by atoms with Crippen molar-refractivity contribution in [2.24, 2.45) is 0 Å². The molecule has 0 spiro atoms. The van der Waals surface area contributed by atoms with Gasteiger partial charge in [0.2, 0.25) is 0 Å². The summed E-state index contributed by atoms with van der Waals surface area (Å²) in [5, 5.41) is 4.06. The Bertz CT molecular complexity index is 663. The van der Waals surface area contributed by atoms with Crippen LogP contribution in [0.15, 0.2) is 12.3 Å². The fourth-order valence-electron chi connectivity index (χ4n) is 1.88. The van der Waals surface area contributed by atoms with E-state index in [1.165, 1.54) is 4.52 Å². The van der Waals surface area contributed by atoms with Crippen molar-refractivity contribution in [1.29, 1.82) is 0 Å². The van der Waals surface area contributed by atoms with E-state index in [0.29, 0.717) is 11.3 Å². The Hall–Kier alpha value is -2.44. The first-order chi connectivity index (χ1) is 9.60. The van der Waals surface area contributed by atoms with Gasteiger partial charge in [-0.2, -0.15) is 5.10 Å². The summed E-state index contributed by atoms with van der Waals surface area (Å²) in [5.74, 6) is -1.26. The van der Waals surface area contributed by atoms with E-state index in [1.807, 2.05) is 0 Å². The van der Waals surface area contributed by atoms with Crippen LogP contribution in [0.5, 0.6) is 0 Å². The zero-order valence-electron chi connectivity index (χ0n) is 11.5. The summed E-state index contributed by atoms with van der Waals surface area (Å²) in [5.41, 5.74) is 0.998. The Labute approximate surface area is 115 Å². The average Bonchev–Trinajstić information content (AvgIpc) is 2.87. The number of fused-ring (bicyclic) bond motifs is 1. The number of hydrogen-bond donors (Lipinski definition) is 0. The smallest absolute Gasteiger partial charge is 0.357 e. The molecule has 0 aliphatic heterocycles. The maximum atomic E-state index is 12.0. The highest BCUT2D eigenvalue weighted by Crippen LogP contribution is 2.17. The van der Waals surface area contributed by atoms with E-state index in [1.54, 1.807) is 33.0 Å². The van der Waals surface area contributed by atoms with Crippen molar-refractivity contribution in [1.82, 2.24) is 14.6 Å². The van der Waals surface area contributed by atoms with Crippen LogP contribution >= 0.6 is 0 Å². The molecule has 20 heavy (non-hydrogen) atoms. The Morgan fingerprint density at radius 2 is 1.85 bits per heavy atom. The van der Waals surface area contributed by atoms with Crippen molar-refractivity contribution in [3.05, 3.63) is 29.2 Å². The number of esters is 2. The molecule has 0 aliphatic carbocycles. The number of aromatic nitrogens is 3. The van der Waals surface area contributed by atoms with Crippen molar-refractivity contribution in [3.8, 4) is 0 Å². The molecule has 2 heterocycles. The highest BCUT2D eigenvalue weighted by Gasteiger charge is 2.26. The van der Waals surface area contributed by atoms with Crippen LogP contribution < -0.4 is 0 Å². The third-order valence-corrected chi connectivity index (χ3v) is 2.71. The third-order valence-electron chi connectivity index (χ3n) is 2.71. The summed E-state index contributed by atoms with van der Waals surface area (Å²) in [6, 6.07) is 1.64. The molecule has 0 N–H and O–H groups in total. The van der Waals surface area contributed by atoms with Gasteiger partial charge in [-0.3, -0.25) is 0 Å². The van der Waals surface area contributed by atoms with Crippen molar-refractivity contribution in [2.45, 2.75) is 20.8 Å². The van der Waals surface area contributed by atoms with Gasteiger partial charge < -0.3 is 9.47 Å². The molecule has 2 rings (SSSR count). The van der Waals surface area contributed by atoms with Crippen molar-refractivity contribution >= 4 is 17.6 Å². The standard InChI is InChI=1S/C13H15N3O4/c1-4-19-12(17)10-8(3)16-9(6-7-14-16)15-11(10)13(18)20-5-2/h6-7H,4-5H2,1-3H3. The number of hydrogen-bond acceptors (Lipinski definition) is 6. The molecule has 7 nitrogen and oxygen atoms in total. The molecular weight excluding hydrogens is 262 g/mol. The first-order valence-electron chi connectivity index (χ1n) is 6.28. The molecule has 0 atom stereocenters. The topological polar surface area (TPSA) is 82.8 Å². The number of ether oxygens (including phenoxy) is 2. The first kappa shape index (κ1) is 14.0. The van der Waals surface area contributed by atoms with E-state index in [9.17, 15) is 9.59 Å². The van der Waals surface area contributed by atoms with E-state index in [-0.39, 0.29) is 24.5 Å². The van der Waals surface area contributed by atoms with Gasteiger partial charge in [0.15, 0.2) is 11.3 Å². The largest absolute Gasteiger partial charge is 0.462 e. The Morgan fingerprint density at radius 1 is 1.20 bits per heavy atom. The Morgan fingerprint density at radius 3 is 2.50 bits per heavy atom. The molecule has 0 saturated heterocycles. The van der Waals surface area contributed by atoms with E-state index >= 15 is 0 Å². The van der Waals surface area contributed by atoms with Gasteiger partial charge in [0.25, 0.3) is 0 Å². The molecule has 0 amide bonds. The highest BCUT2D eigenvalue weighted by molar-refractivity contribution is 6.03. The molecule has 0 unspecified atom stereocenters. The summed E-state index contributed by atoms with van der Waals surface area (Å²) in [6.07, 6.45) is 1.54. The molecule has 0 aliphatic rings. The molecule has 2 aromatic heterocycles. The maximum absolute atomic E-state index is 12.0. The lowest BCUT2D eigenvalue weighted by Crippen LogP contribution is -2.20. The predicted octanol–water partition coefficient (Wildman–Crippen LogP) is 1.39. The number of nitrogens with zero attached hydrogens (tertiary/aromatic N) is 3. The van der Waals surface area contributed by atoms with E-state index in [2.05, 4.69) is 10.1 Å². The second-order valence-electron chi connectivity index (χ2n) is 3.96. The summed E-state index contributed by atoms with van der Waals surface area (Å²) < 4.78 is 11.4. The minimum absolute atomic E-state index is 0.0456. The molecule has 7 heteroatoms. The lowest BCUT2D eigenvalue weighted by atomic mass is 10.1. The minimum Gasteiger partial charge on any atom is -0.462 e. The molecule has 0 fully saturated rings. The third kappa shape index (κ3) is 2.34. The van der Waals surface area contributed by atoms with Gasteiger partial charge in [0.1, 0.15) is 5.56 Å². The van der Waals surface area contributed by atoms with Crippen LogP contribution in [0.4, 0.5) is 0 Å². The average molecular weight is 277 g/mol.